The SMILES string of the molecule is COc1ccc(OC)c(CNC(=O)C2CCCN(C(=O)Nc3cccc(C)c3)C2)c1. The molecule has 0 spiro atoms. The zero-order chi connectivity index (χ0) is 21.5. The van der Waals surface area contributed by atoms with Gasteiger partial charge in [0, 0.05) is 30.9 Å². The molecule has 1 fully saturated rings. The summed E-state index contributed by atoms with van der Waals surface area (Å²) in [7, 11) is 3.20. The minimum absolute atomic E-state index is 0.0621. The molecular formula is C23H29N3O4. The van der Waals surface area contributed by atoms with E-state index in [1.54, 1.807) is 19.1 Å². The van der Waals surface area contributed by atoms with Crippen molar-refractivity contribution in [1.29, 1.82) is 0 Å². The molecule has 160 valence electrons. The first-order chi connectivity index (χ1) is 14.5. The lowest BCUT2D eigenvalue weighted by atomic mass is 9.97. The summed E-state index contributed by atoms with van der Waals surface area (Å²) in [6.07, 6.45) is 1.55. The summed E-state index contributed by atoms with van der Waals surface area (Å²) in [6.45, 7) is 3.36. The van der Waals surface area contributed by atoms with Gasteiger partial charge >= 0.3 is 6.03 Å². The lowest BCUT2D eigenvalue weighted by Crippen LogP contribution is -2.46. The number of nitrogens with one attached hydrogen (secondary N) is 2. The van der Waals surface area contributed by atoms with Gasteiger partial charge in [0.15, 0.2) is 0 Å². The highest BCUT2D eigenvalue weighted by molar-refractivity contribution is 5.90. The molecule has 3 amide bonds. The van der Waals surface area contributed by atoms with Crippen molar-refractivity contribution >= 4 is 17.6 Å². The molecule has 7 nitrogen and oxygen atoms in total. The highest BCUT2D eigenvalue weighted by atomic mass is 16.5. The molecule has 0 bridgehead atoms. The van der Waals surface area contributed by atoms with Gasteiger partial charge in [0.2, 0.25) is 5.91 Å². The molecule has 0 saturated carbocycles. The number of benzene rings is 2. The number of hydrogen-bond donors (Lipinski definition) is 2. The van der Waals surface area contributed by atoms with E-state index in [1.165, 1.54) is 0 Å². The number of piperidine rings is 1. The topological polar surface area (TPSA) is 79.9 Å². The van der Waals surface area contributed by atoms with E-state index in [1.807, 2.05) is 49.4 Å². The van der Waals surface area contributed by atoms with Gasteiger partial charge in [0.25, 0.3) is 0 Å². The molecular weight excluding hydrogens is 382 g/mol. The highest BCUT2D eigenvalue weighted by Gasteiger charge is 2.28. The van der Waals surface area contributed by atoms with Crippen LogP contribution in [0.2, 0.25) is 0 Å². The van der Waals surface area contributed by atoms with Crippen molar-refractivity contribution in [2.45, 2.75) is 26.3 Å². The summed E-state index contributed by atoms with van der Waals surface area (Å²) < 4.78 is 10.6. The van der Waals surface area contributed by atoms with Crippen molar-refractivity contribution < 1.29 is 19.1 Å². The van der Waals surface area contributed by atoms with Gasteiger partial charge in [-0.15, -0.1) is 0 Å². The maximum atomic E-state index is 12.8. The molecule has 0 radical (unpaired) electrons. The first kappa shape index (κ1) is 21.5. The molecule has 1 atom stereocenters. The van der Waals surface area contributed by atoms with Crippen LogP contribution in [0, 0.1) is 12.8 Å². The molecule has 30 heavy (non-hydrogen) atoms. The Morgan fingerprint density at radius 2 is 1.97 bits per heavy atom. The lowest BCUT2D eigenvalue weighted by Gasteiger charge is -2.32. The maximum absolute atomic E-state index is 12.8. The van der Waals surface area contributed by atoms with Gasteiger partial charge in [-0.05, 0) is 55.7 Å². The number of rotatable bonds is 6. The van der Waals surface area contributed by atoms with Gasteiger partial charge in [0.1, 0.15) is 11.5 Å². The molecule has 1 aliphatic heterocycles. The summed E-state index contributed by atoms with van der Waals surface area (Å²) in [5, 5.41) is 5.90. The van der Waals surface area contributed by atoms with Crippen LogP contribution in [0.4, 0.5) is 10.5 Å². The van der Waals surface area contributed by atoms with E-state index in [2.05, 4.69) is 10.6 Å². The first-order valence-corrected chi connectivity index (χ1v) is 10.1. The molecule has 1 aliphatic rings. The Kier molecular flexibility index (Phi) is 7.17. The van der Waals surface area contributed by atoms with Crippen LogP contribution in [0.5, 0.6) is 11.5 Å². The van der Waals surface area contributed by atoms with Gasteiger partial charge in [-0.2, -0.15) is 0 Å². The van der Waals surface area contributed by atoms with Crippen LogP contribution >= 0.6 is 0 Å². The Bertz CT molecular complexity index is 900. The summed E-state index contributed by atoms with van der Waals surface area (Å²) in [5.41, 5.74) is 2.68. The number of carbonyl (C=O) groups excluding carboxylic acids is 2. The van der Waals surface area contributed by atoms with Gasteiger partial charge in [0.05, 0.1) is 20.1 Å². The number of methoxy groups -OCH3 is 2. The molecule has 1 saturated heterocycles. The van der Waals surface area contributed by atoms with Crippen LogP contribution in [-0.2, 0) is 11.3 Å². The molecule has 2 aromatic rings. The lowest BCUT2D eigenvalue weighted by molar-refractivity contribution is -0.126. The number of ether oxygens (including phenoxy) is 2. The second-order valence-electron chi connectivity index (χ2n) is 7.48. The van der Waals surface area contributed by atoms with E-state index < -0.39 is 0 Å². The highest BCUT2D eigenvalue weighted by Crippen LogP contribution is 2.24. The summed E-state index contributed by atoms with van der Waals surface area (Å²) in [5.74, 6) is 1.10. The zero-order valence-electron chi connectivity index (χ0n) is 17.7. The predicted octanol–water partition coefficient (Wildman–Crippen LogP) is 3.57. The van der Waals surface area contributed by atoms with Crippen LogP contribution < -0.4 is 20.1 Å². The van der Waals surface area contributed by atoms with Crippen LogP contribution in [-0.4, -0.2) is 44.1 Å². The van der Waals surface area contributed by atoms with E-state index in [0.717, 1.165) is 29.7 Å². The molecule has 0 aromatic heterocycles. The minimum atomic E-state index is -0.237. The number of hydrogen-bond acceptors (Lipinski definition) is 4. The van der Waals surface area contributed by atoms with Crippen molar-refractivity contribution in [2.24, 2.45) is 5.92 Å². The van der Waals surface area contributed by atoms with Crippen LogP contribution in [0.3, 0.4) is 0 Å². The van der Waals surface area contributed by atoms with Gasteiger partial charge in [-0.1, -0.05) is 12.1 Å². The summed E-state index contributed by atoms with van der Waals surface area (Å²) >= 11 is 0. The van der Waals surface area contributed by atoms with Gasteiger partial charge in [-0.25, -0.2) is 4.79 Å². The van der Waals surface area contributed by atoms with Crippen molar-refractivity contribution in [1.82, 2.24) is 10.2 Å². The number of carbonyl (C=O) groups is 2. The van der Waals surface area contributed by atoms with E-state index in [-0.39, 0.29) is 17.9 Å². The van der Waals surface area contributed by atoms with Crippen LogP contribution in [0.1, 0.15) is 24.0 Å². The fraction of sp³-hybridized carbons (Fsp3) is 0.391. The molecule has 2 N–H and O–H groups in total. The van der Waals surface area contributed by atoms with E-state index in [4.69, 9.17) is 9.47 Å². The largest absolute Gasteiger partial charge is 0.497 e. The number of anilines is 1. The Hall–Kier alpha value is -3.22. The van der Waals surface area contributed by atoms with Gasteiger partial charge < -0.3 is 25.0 Å². The third kappa shape index (κ3) is 5.43. The second kappa shape index (κ2) is 10.0. The van der Waals surface area contributed by atoms with Crippen molar-refractivity contribution in [3.8, 4) is 11.5 Å². The second-order valence-corrected chi connectivity index (χ2v) is 7.48. The third-order valence-electron chi connectivity index (χ3n) is 5.29. The average Bonchev–Trinajstić information content (AvgIpc) is 2.77. The van der Waals surface area contributed by atoms with Crippen LogP contribution in [0.25, 0.3) is 0 Å². The molecule has 1 unspecified atom stereocenters. The fourth-order valence-electron chi connectivity index (χ4n) is 3.65. The van der Waals surface area contributed by atoms with Gasteiger partial charge in [-0.3, -0.25) is 4.79 Å². The summed E-state index contributed by atoms with van der Waals surface area (Å²) in [6, 6.07) is 13.0. The molecule has 1 heterocycles. The molecule has 0 aliphatic carbocycles. The quantitative estimate of drug-likeness (QED) is 0.762. The van der Waals surface area contributed by atoms with E-state index in [0.29, 0.717) is 31.1 Å². The number of aryl methyl sites for hydroxylation is 1. The molecule has 7 heteroatoms. The monoisotopic (exact) mass is 411 g/mol. The fourth-order valence-corrected chi connectivity index (χ4v) is 3.65. The standard InChI is InChI=1S/C23H29N3O4/c1-16-6-4-8-19(12-16)25-23(28)26-11-5-7-17(15-26)22(27)24-14-18-13-20(29-2)9-10-21(18)30-3/h4,6,8-10,12-13,17H,5,7,11,14-15H2,1-3H3,(H,24,27)(H,25,28). The molecule has 3 rings (SSSR count). The van der Waals surface area contributed by atoms with Crippen molar-refractivity contribution in [3.63, 3.8) is 0 Å². The van der Waals surface area contributed by atoms with Crippen molar-refractivity contribution in [3.05, 3.63) is 53.6 Å². The predicted molar refractivity (Wildman–Crippen MR) is 116 cm³/mol. The number of amides is 3. The summed E-state index contributed by atoms with van der Waals surface area (Å²) in [4.78, 5) is 27.1. The Morgan fingerprint density at radius 1 is 1.13 bits per heavy atom. The Balaban J connectivity index is 1.57. The zero-order valence-corrected chi connectivity index (χ0v) is 17.7. The maximum Gasteiger partial charge on any atom is 0.321 e. The number of likely N-dealkylation sites (tertiary alicyclic amines) is 1. The molecule has 2 aromatic carbocycles. The van der Waals surface area contributed by atoms with Crippen molar-refractivity contribution in [2.75, 3.05) is 32.6 Å². The first-order valence-electron chi connectivity index (χ1n) is 10.1. The number of nitrogens with zero attached hydrogens (tertiary/aromatic N) is 1. The Morgan fingerprint density at radius 3 is 2.70 bits per heavy atom. The normalized spacial score (nSPS) is 16.0. The van der Waals surface area contributed by atoms with Crippen LogP contribution in [0.15, 0.2) is 42.5 Å². The third-order valence-corrected chi connectivity index (χ3v) is 5.29. The minimum Gasteiger partial charge on any atom is -0.497 e. The van der Waals surface area contributed by atoms with E-state index >= 15 is 0 Å². The number of urea groups is 1. The average molecular weight is 412 g/mol. The smallest absolute Gasteiger partial charge is 0.321 e. The van der Waals surface area contributed by atoms with E-state index in [9.17, 15) is 9.59 Å². The Labute approximate surface area is 177 Å².